The second-order valence-corrected chi connectivity index (χ2v) is 8.03. The molecule has 1 aliphatic rings. The number of aromatic nitrogens is 6. The van der Waals surface area contributed by atoms with Gasteiger partial charge >= 0.3 is 0 Å². The van der Waals surface area contributed by atoms with Crippen LogP contribution >= 0.6 is 11.6 Å². The number of nitrogen functional groups attached to an aromatic ring is 1. The van der Waals surface area contributed by atoms with Crippen molar-refractivity contribution < 1.29 is 8.78 Å². The normalized spacial score (nSPS) is 15.2. The van der Waals surface area contributed by atoms with Crippen LogP contribution in [0.25, 0.3) is 21.7 Å². The largest absolute Gasteiger partial charge is 0.368 e. The minimum Gasteiger partial charge on any atom is -0.368 e. The second-order valence-electron chi connectivity index (χ2n) is 7.58. The van der Waals surface area contributed by atoms with Gasteiger partial charge in [0.25, 0.3) is 0 Å². The predicted octanol–water partition coefficient (Wildman–Crippen LogP) is 2.37. The molecule has 2 N–H and O–H groups in total. The number of rotatable bonds is 5. The highest BCUT2D eigenvalue weighted by molar-refractivity contribution is 6.47. The van der Waals surface area contributed by atoms with E-state index in [0.29, 0.717) is 42.0 Å². The highest BCUT2D eigenvalue weighted by Gasteiger charge is 2.21. The summed E-state index contributed by atoms with van der Waals surface area (Å²) < 4.78 is 30.4. The monoisotopic (exact) mass is 459 g/mol. The fourth-order valence-electron chi connectivity index (χ4n) is 3.92. The number of halogens is 3. The molecule has 9 nitrogen and oxygen atoms in total. The molecule has 0 atom stereocenters. The fraction of sp³-hybridized carbons (Fsp3) is 0.300. The Labute approximate surface area is 186 Å². The lowest BCUT2D eigenvalue weighted by Gasteiger charge is -2.36. The van der Waals surface area contributed by atoms with E-state index in [1.165, 1.54) is 16.6 Å². The van der Waals surface area contributed by atoms with Crippen LogP contribution in [-0.2, 0) is 6.54 Å². The lowest BCUT2D eigenvalue weighted by molar-refractivity contribution is 0.245. The van der Waals surface area contributed by atoms with Crippen molar-refractivity contribution in [1.82, 2.24) is 34.3 Å². The fourth-order valence-corrected chi connectivity index (χ4v) is 4.00. The van der Waals surface area contributed by atoms with E-state index >= 15 is 0 Å². The zero-order valence-corrected chi connectivity index (χ0v) is 17.8. The predicted molar refractivity (Wildman–Crippen MR) is 118 cm³/mol. The Morgan fingerprint density at radius 2 is 1.88 bits per heavy atom. The molecule has 3 aromatic heterocycles. The first-order valence-corrected chi connectivity index (χ1v) is 10.4. The summed E-state index contributed by atoms with van der Waals surface area (Å²) in [6, 6.07) is 3.69. The minimum absolute atomic E-state index is 0.181. The Hall–Kier alpha value is -3.31. The van der Waals surface area contributed by atoms with Crippen LogP contribution in [0, 0.1) is 11.6 Å². The summed E-state index contributed by atoms with van der Waals surface area (Å²) in [5.74, 6) is -0.639. The van der Waals surface area contributed by atoms with Crippen LogP contribution in [-0.4, -0.2) is 67.0 Å². The van der Waals surface area contributed by atoms with E-state index in [4.69, 9.17) is 17.3 Å². The van der Waals surface area contributed by atoms with E-state index in [-0.39, 0.29) is 16.8 Å². The number of nitrogens with zero attached hydrogens (tertiary/aromatic N) is 8. The van der Waals surface area contributed by atoms with Gasteiger partial charge in [0.1, 0.15) is 11.6 Å². The molecule has 0 radical (unpaired) electrons. The van der Waals surface area contributed by atoms with Crippen LogP contribution in [0.2, 0.25) is 0 Å². The molecule has 4 aromatic rings. The smallest absolute Gasteiger partial charge is 0.225 e. The van der Waals surface area contributed by atoms with Gasteiger partial charge in [-0.2, -0.15) is 14.6 Å². The maximum Gasteiger partial charge on any atom is 0.225 e. The van der Waals surface area contributed by atoms with Crippen molar-refractivity contribution in [1.29, 1.82) is 0 Å². The highest BCUT2D eigenvalue weighted by Crippen LogP contribution is 2.23. The Morgan fingerprint density at radius 1 is 1.09 bits per heavy atom. The lowest BCUT2D eigenvalue weighted by Crippen LogP contribution is -2.47. The summed E-state index contributed by atoms with van der Waals surface area (Å²) in [7, 11) is 0. The summed E-state index contributed by atoms with van der Waals surface area (Å²) in [6.45, 7) is 7.79. The van der Waals surface area contributed by atoms with Crippen LogP contribution in [0.15, 0.2) is 31.0 Å². The molecule has 12 heteroatoms. The molecule has 0 spiro atoms. The summed E-state index contributed by atoms with van der Waals surface area (Å²) >= 11 is 5.92. The SMILES string of the molecule is C=C(Cl)c1nc2c3cnn(CCN4CCN(c5ccc(F)cc5F)CC4)c3nc(N)n2n1. The number of piperazine rings is 1. The molecule has 1 saturated heterocycles. The molecular weight excluding hydrogens is 440 g/mol. The van der Waals surface area contributed by atoms with Gasteiger partial charge in [-0.3, -0.25) is 4.90 Å². The van der Waals surface area contributed by atoms with Crippen molar-refractivity contribution in [2.75, 3.05) is 43.4 Å². The average molecular weight is 460 g/mol. The molecule has 1 fully saturated rings. The third-order valence-electron chi connectivity index (χ3n) is 5.59. The molecule has 5 rings (SSSR count). The van der Waals surface area contributed by atoms with Gasteiger partial charge in [0.05, 0.1) is 28.8 Å². The second kappa shape index (κ2) is 7.99. The summed E-state index contributed by atoms with van der Waals surface area (Å²) in [5, 5.41) is 9.60. The molecule has 0 bridgehead atoms. The number of nitrogens with two attached hydrogens (primary N) is 1. The van der Waals surface area contributed by atoms with Gasteiger partial charge in [-0.25, -0.2) is 18.4 Å². The standard InChI is InChI=1S/C20H20ClF2N9/c1-12(21)17-26-19-14-11-25-31(18(14)27-20(24)32(19)28-17)9-6-29-4-7-30(8-5-29)16-3-2-13(22)10-15(16)23/h2-3,10-11H,1,4-9H2,(H2,24,27). The van der Waals surface area contributed by atoms with Crippen LogP contribution < -0.4 is 10.6 Å². The van der Waals surface area contributed by atoms with Crippen LogP contribution in [0.4, 0.5) is 20.4 Å². The molecule has 0 saturated carbocycles. The molecule has 4 heterocycles. The van der Waals surface area contributed by atoms with Gasteiger partial charge < -0.3 is 10.6 Å². The minimum atomic E-state index is -0.571. The zero-order valence-electron chi connectivity index (χ0n) is 17.0. The highest BCUT2D eigenvalue weighted by atomic mass is 35.5. The first kappa shape index (κ1) is 20.6. The van der Waals surface area contributed by atoms with Gasteiger partial charge in [-0.05, 0) is 12.1 Å². The summed E-state index contributed by atoms with van der Waals surface area (Å²) in [6.07, 6.45) is 1.68. The average Bonchev–Trinajstić information content (AvgIpc) is 3.38. The van der Waals surface area contributed by atoms with Gasteiger partial charge in [0, 0.05) is 38.8 Å². The van der Waals surface area contributed by atoms with Crippen LogP contribution in [0.1, 0.15) is 5.82 Å². The maximum atomic E-state index is 14.1. The van der Waals surface area contributed by atoms with E-state index in [1.54, 1.807) is 10.9 Å². The summed E-state index contributed by atoms with van der Waals surface area (Å²) in [5.41, 5.74) is 7.62. The van der Waals surface area contributed by atoms with Crippen molar-refractivity contribution in [3.05, 3.63) is 48.4 Å². The summed E-state index contributed by atoms with van der Waals surface area (Å²) in [4.78, 5) is 13.0. The van der Waals surface area contributed by atoms with Crippen molar-refractivity contribution >= 4 is 44.9 Å². The number of benzene rings is 1. The van der Waals surface area contributed by atoms with Crippen molar-refractivity contribution in [2.24, 2.45) is 0 Å². The van der Waals surface area contributed by atoms with E-state index in [9.17, 15) is 8.78 Å². The topological polar surface area (TPSA) is 93.4 Å². The molecule has 0 unspecified atom stereocenters. The van der Waals surface area contributed by atoms with Gasteiger partial charge in [-0.1, -0.05) is 18.2 Å². The third kappa shape index (κ3) is 3.63. The lowest BCUT2D eigenvalue weighted by atomic mass is 10.2. The Bertz CT molecular complexity index is 1320. The first-order valence-electron chi connectivity index (χ1n) is 10.1. The van der Waals surface area contributed by atoms with Crippen LogP contribution in [0.5, 0.6) is 0 Å². The van der Waals surface area contributed by atoms with Gasteiger partial charge in [0.15, 0.2) is 17.1 Å². The van der Waals surface area contributed by atoms with Crippen molar-refractivity contribution in [3.63, 3.8) is 0 Å². The Morgan fingerprint density at radius 3 is 2.59 bits per heavy atom. The molecule has 1 aliphatic heterocycles. The van der Waals surface area contributed by atoms with E-state index in [1.807, 2.05) is 4.90 Å². The van der Waals surface area contributed by atoms with E-state index in [0.717, 1.165) is 25.7 Å². The molecule has 166 valence electrons. The Kier molecular flexibility index (Phi) is 5.14. The van der Waals surface area contributed by atoms with Crippen LogP contribution in [0.3, 0.4) is 0 Å². The maximum absolute atomic E-state index is 14.1. The first-order chi connectivity index (χ1) is 15.4. The number of fused-ring (bicyclic) bond motifs is 3. The molecule has 0 amide bonds. The Balaban J connectivity index is 1.28. The van der Waals surface area contributed by atoms with E-state index < -0.39 is 11.6 Å². The van der Waals surface area contributed by atoms with Gasteiger partial charge in [0.2, 0.25) is 5.95 Å². The number of anilines is 2. The quantitative estimate of drug-likeness (QED) is 0.489. The van der Waals surface area contributed by atoms with E-state index in [2.05, 4.69) is 31.6 Å². The van der Waals surface area contributed by atoms with Crippen molar-refractivity contribution in [3.8, 4) is 0 Å². The number of hydrogen-bond acceptors (Lipinski definition) is 7. The molecule has 0 aliphatic carbocycles. The molecule has 1 aromatic carbocycles. The van der Waals surface area contributed by atoms with Gasteiger partial charge in [-0.15, -0.1) is 5.10 Å². The number of hydrogen-bond donors (Lipinski definition) is 1. The molecule has 32 heavy (non-hydrogen) atoms. The zero-order chi connectivity index (χ0) is 22.4. The molecular formula is C20H20ClF2N9. The van der Waals surface area contributed by atoms with Crippen molar-refractivity contribution in [2.45, 2.75) is 6.54 Å². The third-order valence-corrected chi connectivity index (χ3v) is 5.76.